The number of para-hydroxylation sites is 1. The van der Waals surface area contributed by atoms with Crippen molar-refractivity contribution in [2.24, 2.45) is 0 Å². The maximum Gasteiger partial charge on any atom is 0.183 e. The van der Waals surface area contributed by atoms with Gasteiger partial charge in [0.25, 0.3) is 0 Å². The molecule has 86 valence electrons. The van der Waals surface area contributed by atoms with Crippen LogP contribution in [0.1, 0.15) is 6.92 Å². The molecule has 1 aromatic carbocycles. The van der Waals surface area contributed by atoms with Crippen molar-refractivity contribution >= 4 is 26.7 Å². The van der Waals surface area contributed by atoms with Crippen LogP contribution in [0.25, 0.3) is 10.2 Å². The van der Waals surface area contributed by atoms with Gasteiger partial charge in [0.05, 0.1) is 16.8 Å². The number of benzene rings is 1. The van der Waals surface area contributed by atoms with E-state index in [0.29, 0.717) is 0 Å². The Morgan fingerprint density at radius 2 is 2.19 bits per heavy atom. The number of aliphatic hydroxyl groups excluding tert-OH is 1. The normalized spacial score (nSPS) is 14.9. The van der Waals surface area contributed by atoms with E-state index >= 15 is 0 Å². The number of anilines is 1. The molecule has 4 nitrogen and oxygen atoms in total. The van der Waals surface area contributed by atoms with E-state index < -0.39 is 5.60 Å². The lowest BCUT2D eigenvalue weighted by Crippen LogP contribution is -2.37. The molecule has 0 aliphatic carbocycles. The first-order valence-electron chi connectivity index (χ1n) is 5.03. The maximum atomic E-state index is 9.62. The number of nitrogens with one attached hydrogen (secondary N) is 1. The van der Waals surface area contributed by atoms with Crippen LogP contribution in [0.3, 0.4) is 0 Å². The average Bonchev–Trinajstić information content (AvgIpc) is 2.69. The molecular formula is C11H14N2O2S. The summed E-state index contributed by atoms with van der Waals surface area (Å²) in [6.07, 6.45) is 0. The van der Waals surface area contributed by atoms with Gasteiger partial charge in [0.2, 0.25) is 0 Å². The summed E-state index contributed by atoms with van der Waals surface area (Å²) in [5, 5.41) is 22.3. The zero-order valence-corrected chi connectivity index (χ0v) is 9.79. The minimum Gasteiger partial charge on any atom is -0.393 e. The van der Waals surface area contributed by atoms with E-state index in [1.807, 2.05) is 24.3 Å². The van der Waals surface area contributed by atoms with Crippen molar-refractivity contribution < 1.29 is 10.2 Å². The fourth-order valence-corrected chi connectivity index (χ4v) is 2.13. The highest BCUT2D eigenvalue weighted by Gasteiger charge is 2.18. The van der Waals surface area contributed by atoms with Gasteiger partial charge in [0.15, 0.2) is 5.13 Å². The lowest BCUT2D eigenvalue weighted by molar-refractivity contribution is 0.0132. The zero-order valence-electron chi connectivity index (χ0n) is 8.97. The molecule has 0 saturated carbocycles. The molecule has 3 N–H and O–H groups in total. The van der Waals surface area contributed by atoms with Crippen LogP contribution in [0, 0.1) is 0 Å². The molecular weight excluding hydrogens is 224 g/mol. The lowest BCUT2D eigenvalue weighted by atomic mass is 10.1. The molecule has 5 heteroatoms. The number of hydrogen-bond donors (Lipinski definition) is 3. The molecule has 0 aliphatic rings. The minimum absolute atomic E-state index is 0.273. The van der Waals surface area contributed by atoms with Gasteiger partial charge in [-0.25, -0.2) is 4.98 Å². The molecule has 0 bridgehead atoms. The van der Waals surface area contributed by atoms with Crippen molar-refractivity contribution in [2.45, 2.75) is 12.5 Å². The van der Waals surface area contributed by atoms with E-state index in [2.05, 4.69) is 10.3 Å². The second-order valence-corrected chi connectivity index (χ2v) is 5.03. The Morgan fingerprint density at radius 3 is 2.88 bits per heavy atom. The molecule has 0 amide bonds. The third-order valence-corrected chi connectivity index (χ3v) is 3.25. The quantitative estimate of drug-likeness (QED) is 0.754. The van der Waals surface area contributed by atoms with Crippen LogP contribution in [0.4, 0.5) is 5.13 Å². The molecule has 16 heavy (non-hydrogen) atoms. The SMILES string of the molecule is CC(O)(CO)CNc1nc2ccccc2s1. The smallest absolute Gasteiger partial charge is 0.183 e. The summed E-state index contributed by atoms with van der Waals surface area (Å²) >= 11 is 1.53. The van der Waals surface area contributed by atoms with Crippen LogP contribution >= 0.6 is 11.3 Å². The molecule has 2 rings (SSSR count). The predicted molar refractivity (Wildman–Crippen MR) is 65.8 cm³/mol. The van der Waals surface area contributed by atoms with Crippen LogP contribution in [0.15, 0.2) is 24.3 Å². The minimum atomic E-state index is -1.11. The van der Waals surface area contributed by atoms with Gasteiger partial charge in [-0.05, 0) is 19.1 Å². The molecule has 1 unspecified atom stereocenters. The summed E-state index contributed by atoms with van der Waals surface area (Å²) in [6.45, 7) is 1.58. The third-order valence-electron chi connectivity index (χ3n) is 2.25. The molecule has 0 saturated heterocycles. The fourth-order valence-electron chi connectivity index (χ4n) is 1.27. The van der Waals surface area contributed by atoms with Gasteiger partial charge >= 0.3 is 0 Å². The number of fused-ring (bicyclic) bond motifs is 1. The number of aromatic nitrogens is 1. The molecule has 1 aromatic heterocycles. The standard InChI is InChI=1S/C11H14N2O2S/c1-11(15,7-14)6-12-10-13-8-4-2-3-5-9(8)16-10/h2-5,14-15H,6-7H2,1H3,(H,12,13). The van der Waals surface area contributed by atoms with Crippen molar-refractivity contribution in [3.8, 4) is 0 Å². The Labute approximate surface area is 97.6 Å². The predicted octanol–water partition coefficient (Wildman–Crippen LogP) is 1.45. The van der Waals surface area contributed by atoms with E-state index in [0.717, 1.165) is 15.3 Å². The molecule has 0 spiro atoms. The second-order valence-electron chi connectivity index (χ2n) is 4.00. The molecule has 1 heterocycles. The maximum absolute atomic E-state index is 9.62. The van der Waals surface area contributed by atoms with E-state index in [-0.39, 0.29) is 13.2 Å². The summed E-state index contributed by atoms with van der Waals surface area (Å²) in [5.74, 6) is 0. The monoisotopic (exact) mass is 238 g/mol. The Balaban J connectivity index is 2.10. The van der Waals surface area contributed by atoms with Gasteiger partial charge in [-0.2, -0.15) is 0 Å². The van der Waals surface area contributed by atoms with Gasteiger partial charge in [-0.15, -0.1) is 0 Å². The van der Waals surface area contributed by atoms with Gasteiger partial charge in [0, 0.05) is 6.54 Å². The highest BCUT2D eigenvalue weighted by Crippen LogP contribution is 2.25. The van der Waals surface area contributed by atoms with E-state index in [9.17, 15) is 5.11 Å². The lowest BCUT2D eigenvalue weighted by Gasteiger charge is -2.19. The largest absolute Gasteiger partial charge is 0.393 e. The van der Waals surface area contributed by atoms with Crippen molar-refractivity contribution in [1.82, 2.24) is 4.98 Å². The van der Waals surface area contributed by atoms with Crippen LogP contribution < -0.4 is 5.32 Å². The first-order valence-corrected chi connectivity index (χ1v) is 5.85. The van der Waals surface area contributed by atoms with Crippen LogP contribution in [-0.2, 0) is 0 Å². The van der Waals surface area contributed by atoms with E-state index in [4.69, 9.17) is 5.11 Å². The number of hydrogen-bond acceptors (Lipinski definition) is 5. The van der Waals surface area contributed by atoms with Gasteiger partial charge in [-0.1, -0.05) is 23.5 Å². The molecule has 0 radical (unpaired) electrons. The summed E-state index contributed by atoms with van der Waals surface area (Å²) in [7, 11) is 0. The highest BCUT2D eigenvalue weighted by molar-refractivity contribution is 7.22. The van der Waals surface area contributed by atoms with Gasteiger partial charge in [0.1, 0.15) is 5.60 Å². The summed E-state index contributed by atoms with van der Waals surface area (Å²) in [4.78, 5) is 4.36. The Morgan fingerprint density at radius 1 is 1.44 bits per heavy atom. The number of aliphatic hydroxyl groups is 2. The second kappa shape index (κ2) is 4.37. The number of nitrogens with zero attached hydrogens (tertiary/aromatic N) is 1. The van der Waals surface area contributed by atoms with Crippen LogP contribution in [0.5, 0.6) is 0 Å². The van der Waals surface area contributed by atoms with Crippen LogP contribution in [0.2, 0.25) is 0 Å². The van der Waals surface area contributed by atoms with E-state index in [1.54, 1.807) is 6.92 Å². The first kappa shape index (κ1) is 11.3. The van der Waals surface area contributed by atoms with Crippen molar-refractivity contribution in [1.29, 1.82) is 0 Å². The molecule has 1 atom stereocenters. The van der Waals surface area contributed by atoms with Crippen molar-refractivity contribution in [2.75, 3.05) is 18.5 Å². The Bertz CT molecular complexity index is 449. The summed E-state index contributed by atoms with van der Waals surface area (Å²) in [6, 6.07) is 7.85. The average molecular weight is 238 g/mol. The third kappa shape index (κ3) is 2.49. The van der Waals surface area contributed by atoms with Crippen molar-refractivity contribution in [3.05, 3.63) is 24.3 Å². The highest BCUT2D eigenvalue weighted by atomic mass is 32.1. The van der Waals surface area contributed by atoms with Gasteiger partial charge in [-0.3, -0.25) is 0 Å². The van der Waals surface area contributed by atoms with Crippen LogP contribution in [-0.4, -0.2) is 33.9 Å². The van der Waals surface area contributed by atoms with E-state index in [1.165, 1.54) is 11.3 Å². The summed E-state index contributed by atoms with van der Waals surface area (Å²) in [5.41, 5.74) is -0.170. The fraction of sp³-hybridized carbons (Fsp3) is 0.364. The number of thiazole rings is 1. The Hall–Kier alpha value is -1.17. The van der Waals surface area contributed by atoms with Gasteiger partial charge < -0.3 is 15.5 Å². The molecule has 0 aliphatic heterocycles. The summed E-state index contributed by atoms with van der Waals surface area (Å²) < 4.78 is 1.11. The Kier molecular flexibility index (Phi) is 3.09. The molecule has 2 aromatic rings. The van der Waals surface area contributed by atoms with Crippen molar-refractivity contribution in [3.63, 3.8) is 0 Å². The number of rotatable bonds is 4. The zero-order chi connectivity index (χ0) is 11.6. The first-order chi connectivity index (χ1) is 7.61. The topological polar surface area (TPSA) is 65.4 Å². The molecule has 0 fully saturated rings.